The summed E-state index contributed by atoms with van der Waals surface area (Å²) in [5, 5.41) is 44.6. The monoisotopic (exact) mass is 719 g/mol. The van der Waals surface area contributed by atoms with Crippen molar-refractivity contribution in [3.8, 4) is 17.6 Å². The number of phenols is 1. The van der Waals surface area contributed by atoms with Gasteiger partial charge in [0, 0.05) is 43.7 Å². The lowest BCUT2D eigenvalue weighted by molar-refractivity contribution is -0.252. The van der Waals surface area contributed by atoms with Gasteiger partial charge in [0.25, 0.3) is 5.91 Å². The number of carbonyl (C=O) groups excluding carboxylic acids is 1. The van der Waals surface area contributed by atoms with Gasteiger partial charge in [0.15, 0.2) is 0 Å². The van der Waals surface area contributed by atoms with Crippen LogP contribution in [0.4, 0.5) is 0 Å². The molecule has 10 heteroatoms. The number of ether oxygens (including phenoxy) is 2. The van der Waals surface area contributed by atoms with Crippen LogP contribution in [0, 0.1) is 29.1 Å². The van der Waals surface area contributed by atoms with Gasteiger partial charge in [0.2, 0.25) is 5.79 Å². The maximum Gasteiger partial charge on any atom is 0.254 e. The van der Waals surface area contributed by atoms with Crippen molar-refractivity contribution in [2.24, 2.45) is 22.9 Å². The van der Waals surface area contributed by atoms with Crippen molar-refractivity contribution in [2.45, 2.75) is 69.3 Å². The molecule has 0 aromatic heterocycles. The largest absolute Gasteiger partial charge is 0.508 e. The maximum absolute atomic E-state index is 14.4. The number of rotatable bonds is 16. The first-order chi connectivity index (χ1) is 25.8. The molecule has 3 aliphatic rings. The van der Waals surface area contributed by atoms with Gasteiger partial charge in [-0.05, 0) is 91.1 Å². The lowest BCUT2D eigenvalue weighted by Gasteiger charge is -2.59. The van der Waals surface area contributed by atoms with E-state index in [0.29, 0.717) is 35.4 Å². The molecule has 1 fully saturated rings. The third-order valence-corrected chi connectivity index (χ3v) is 11.0. The Balaban J connectivity index is 1.54. The predicted octanol–water partition coefficient (Wildman–Crippen LogP) is 6.87. The molecule has 1 aliphatic heterocycles. The zero-order chi connectivity index (χ0) is 37.4. The first-order valence-corrected chi connectivity index (χ1v) is 18.6. The molecular formula is C43H49N3O7. The van der Waals surface area contributed by atoms with E-state index in [0.717, 1.165) is 42.4 Å². The van der Waals surface area contributed by atoms with Crippen LogP contribution < -0.4 is 4.74 Å². The van der Waals surface area contributed by atoms with Crippen LogP contribution >= 0.6 is 0 Å². The highest BCUT2D eigenvalue weighted by Crippen LogP contribution is 2.61. The van der Waals surface area contributed by atoms with E-state index in [4.69, 9.17) is 19.5 Å². The number of likely N-dealkylation sites (N-methyl/N-ethyl adjacent to an activating group) is 1. The summed E-state index contributed by atoms with van der Waals surface area (Å²) >= 11 is 0. The number of aliphatic hydroxyl groups excluding tert-OH is 2. The molecule has 3 aromatic rings. The Hall–Kier alpha value is -4.95. The van der Waals surface area contributed by atoms with Gasteiger partial charge in [-0.25, -0.2) is 0 Å². The maximum atomic E-state index is 14.4. The number of hydrogen-bond acceptors (Lipinski definition) is 9. The van der Waals surface area contributed by atoms with Gasteiger partial charge in [0.1, 0.15) is 24.1 Å². The first kappa shape index (κ1) is 37.8. The summed E-state index contributed by atoms with van der Waals surface area (Å²) < 4.78 is 14.0. The van der Waals surface area contributed by atoms with Gasteiger partial charge in [-0.3, -0.25) is 4.79 Å². The Morgan fingerprint density at radius 3 is 2.49 bits per heavy atom. The second kappa shape index (κ2) is 17.3. The lowest BCUT2D eigenvalue weighted by atomic mass is 9.55. The number of allylic oxidation sites excluding steroid dienone is 1. The molecule has 3 aromatic carbocycles. The fraction of sp³-hybridized carbons (Fsp3) is 0.419. The van der Waals surface area contributed by atoms with Gasteiger partial charge in [-0.2, -0.15) is 5.26 Å². The van der Waals surface area contributed by atoms with Crippen molar-refractivity contribution >= 4 is 11.6 Å². The number of aromatic hydroxyl groups is 1. The summed E-state index contributed by atoms with van der Waals surface area (Å²) in [6.07, 6.45) is 8.78. The van der Waals surface area contributed by atoms with Crippen LogP contribution in [-0.2, 0) is 16.2 Å². The molecule has 0 radical (unpaired) electrons. The Kier molecular flexibility index (Phi) is 12.3. The van der Waals surface area contributed by atoms with E-state index in [-0.39, 0.29) is 62.3 Å². The van der Waals surface area contributed by atoms with E-state index in [2.05, 4.69) is 18.7 Å². The molecule has 10 nitrogen and oxygen atoms in total. The minimum Gasteiger partial charge on any atom is -0.508 e. The molecular weight excluding hydrogens is 670 g/mol. The van der Waals surface area contributed by atoms with E-state index in [1.807, 2.05) is 30.3 Å². The number of amides is 1. The zero-order valence-electron chi connectivity index (χ0n) is 30.3. The second-order valence-electron chi connectivity index (χ2n) is 14.2. The number of unbranched alkanes of at least 4 members (excludes halogenated alkanes) is 2. The van der Waals surface area contributed by atoms with Crippen LogP contribution in [0.2, 0.25) is 0 Å². The Labute approximate surface area is 311 Å². The smallest absolute Gasteiger partial charge is 0.254 e. The zero-order valence-corrected chi connectivity index (χ0v) is 30.3. The van der Waals surface area contributed by atoms with Crippen LogP contribution in [0.15, 0.2) is 102 Å². The molecule has 3 N–H and O–H groups in total. The molecule has 53 heavy (non-hydrogen) atoms. The molecule has 278 valence electrons. The van der Waals surface area contributed by atoms with Crippen LogP contribution in [0.1, 0.15) is 77.9 Å². The van der Waals surface area contributed by atoms with Gasteiger partial charge < -0.3 is 34.5 Å². The lowest BCUT2D eigenvalue weighted by Crippen LogP contribution is -2.69. The highest BCUT2D eigenvalue weighted by Gasteiger charge is 2.65. The van der Waals surface area contributed by atoms with E-state index in [1.54, 1.807) is 60.5 Å². The van der Waals surface area contributed by atoms with E-state index in [9.17, 15) is 25.4 Å². The normalized spacial score (nSPS) is 24.9. The van der Waals surface area contributed by atoms with Crippen LogP contribution in [-0.4, -0.2) is 70.5 Å². The first-order valence-electron chi connectivity index (χ1n) is 18.6. The van der Waals surface area contributed by atoms with Crippen molar-refractivity contribution in [2.75, 3.05) is 26.9 Å². The summed E-state index contributed by atoms with van der Waals surface area (Å²) in [5.74, 6) is -1.55. The fourth-order valence-corrected chi connectivity index (χ4v) is 8.53. The Morgan fingerprint density at radius 2 is 1.79 bits per heavy atom. The highest BCUT2D eigenvalue weighted by atomic mass is 16.7. The molecule has 1 heterocycles. The van der Waals surface area contributed by atoms with Gasteiger partial charge in [0.05, 0.1) is 29.9 Å². The predicted molar refractivity (Wildman–Crippen MR) is 201 cm³/mol. The molecule has 0 saturated heterocycles. The molecule has 0 spiro atoms. The third kappa shape index (κ3) is 7.88. The summed E-state index contributed by atoms with van der Waals surface area (Å²) in [4.78, 5) is 22.1. The number of nitriles is 1. The number of benzene rings is 3. The summed E-state index contributed by atoms with van der Waals surface area (Å²) in [6.45, 7) is 4.55. The number of carbonyl (C=O) groups is 1. The fourth-order valence-electron chi connectivity index (χ4n) is 8.53. The van der Waals surface area contributed by atoms with Crippen molar-refractivity contribution in [3.05, 3.63) is 119 Å². The molecule has 1 saturated carbocycles. The van der Waals surface area contributed by atoms with Crippen molar-refractivity contribution in [3.63, 3.8) is 0 Å². The average Bonchev–Trinajstić information content (AvgIpc) is 3.18. The van der Waals surface area contributed by atoms with Gasteiger partial charge in [-0.1, -0.05) is 60.5 Å². The highest BCUT2D eigenvalue weighted by molar-refractivity contribution is 6.03. The van der Waals surface area contributed by atoms with Crippen molar-refractivity contribution < 1.29 is 34.4 Å². The number of phenolic OH excluding ortho intramolecular Hbond substituents is 1. The summed E-state index contributed by atoms with van der Waals surface area (Å²) in [5.41, 5.74) is 4.29. The SMILES string of the molecule is C=CCO[C@@]12Oc3ccc(O)cc3[C@H]3[C@H](CCCCO)[C@@H](CCCCO)C=C(C(=NOCc4ccccc4)C[C@@H]1N(C)C(=O)c1ccc(C#N)cc1)[C@H]32. The third-order valence-electron chi connectivity index (χ3n) is 11.0. The average molecular weight is 720 g/mol. The number of fused-ring (bicyclic) bond motifs is 2. The number of hydrogen-bond donors (Lipinski definition) is 3. The summed E-state index contributed by atoms with van der Waals surface area (Å²) in [7, 11) is 1.74. The number of oxime groups is 1. The molecule has 6 rings (SSSR count). The van der Waals surface area contributed by atoms with Gasteiger partial charge >= 0.3 is 0 Å². The quantitative estimate of drug-likeness (QED) is 0.0827. The van der Waals surface area contributed by atoms with Gasteiger partial charge in [-0.15, -0.1) is 6.58 Å². The van der Waals surface area contributed by atoms with Crippen molar-refractivity contribution in [1.82, 2.24) is 4.90 Å². The Bertz CT molecular complexity index is 1840. The van der Waals surface area contributed by atoms with Crippen molar-refractivity contribution in [1.29, 1.82) is 5.26 Å². The van der Waals surface area contributed by atoms with E-state index < -0.39 is 17.7 Å². The van der Waals surface area contributed by atoms with Crippen LogP contribution in [0.25, 0.3) is 0 Å². The molecule has 2 aliphatic carbocycles. The topological polar surface area (TPSA) is 145 Å². The molecule has 0 bridgehead atoms. The van der Waals surface area contributed by atoms with Crippen LogP contribution in [0.3, 0.4) is 0 Å². The van der Waals surface area contributed by atoms with Crippen LogP contribution in [0.5, 0.6) is 11.5 Å². The number of aliphatic hydroxyl groups is 2. The number of nitrogens with zero attached hydrogens (tertiary/aromatic N) is 3. The Morgan fingerprint density at radius 1 is 1.06 bits per heavy atom. The summed E-state index contributed by atoms with van der Waals surface area (Å²) in [6, 6.07) is 22.9. The van der Waals surface area contributed by atoms with E-state index >= 15 is 0 Å². The molecule has 1 amide bonds. The van der Waals surface area contributed by atoms with E-state index in [1.165, 1.54) is 0 Å². The second-order valence-corrected chi connectivity index (χ2v) is 14.2. The molecule has 6 atom stereocenters. The minimum absolute atomic E-state index is 0.0509. The molecule has 0 unspecified atom stereocenters. The standard InChI is InChI=1S/C43H49N3O7/c1-3-23-51-43-39(46(2)42(50)31-17-15-29(27-44)16-18-31)26-37(45-52-28-30-11-5-4-6-12-30)35-24-32(13-7-9-21-47)34(14-8-10-22-48)40(41(35)43)36-25-33(49)19-20-38(36)53-43/h3-6,11-12,15-20,24-25,32,34,39-41,47-49H,1,7-10,13-14,21-23,26,28H2,2H3/t32-,34+,39-,40+,41+,43+/m0/s1. The minimum atomic E-state index is -1.39.